The van der Waals surface area contributed by atoms with Crippen molar-refractivity contribution < 1.29 is 13.2 Å². The van der Waals surface area contributed by atoms with E-state index in [2.05, 4.69) is 15.1 Å². The number of aryl methyl sites for hydroxylation is 1. The molecule has 0 atom stereocenters. The van der Waals surface area contributed by atoms with Crippen LogP contribution in [0.25, 0.3) is 33.7 Å². The Labute approximate surface area is 207 Å². The van der Waals surface area contributed by atoms with Gasteiger partial charge in [0.25, 0.3) is 15.6 Å². The predicted octanol–water partition coefficient (Wildman–Crippen LogP) is 2.71. The highest BCUT2D eigenvalue weighted by Crippen LogP contribution is 2.32. The van der Waals surface area contributed by atoms with Crippen LogP contribution in [0.15, 0.2) is 58.2 Å². The highest BCUT2D eigenvalue weighted by Gasteiger charge is 2.25. The average Bonchev–Trinajstić information content (AvgIpc) is 3.19. The molecular weight excluding hydrogens is 492 g/mol. The third-order valence-electron chi connectivity index (χ3n) is 5.45. The molecule has 0 saturated carbocycles. The first-order chi connectivity index (χ1) is 16.6. The zero-order valence-electron chi connectivity index (χ0n) is 19.7. The van der Waals surface area contributed by atoms with E-state index in [4.69, 9.17) is 16.5 Å². The summed E-state index contributed by atoms with van der Waals surface area (Å²) in [6.45, 7) is 0.565. The Morgan fingerprint density at radius 3 is 2.49 bits per heavy atom. The molecule has 2 aromatic heterocycles. The first-order valence-electron chi connectivity index (χ1n) is 10.7. The summed E-state index contributed by atoms with van der Waals surface area (Å²) in [7, 11) is 2.81. The van der Waals surface area contributed by atoms with Gasteiger partial charge in [0.15, 0.2) is 5.65 Å². The first-order valence-corrected chi connectivity index (χ1v) is 12.5. The summed E-state index contributed by atoms with van der Waals surface area (Å²) < 4.78 is 33.6. The quantitative estimate of drug-likeness (QED) is 0.358. The summed E-state index contributed by atoms with van der Waals surface area (Å²) in [5, 5.41) is 4.85. The molecule has 1 N–H and O–H groups in total. The number of hydrogen-bond donors (Lipinski definition) is 1. The van der Waals surface area contributed by atoms with Gasteiger partial charge in [-0.05, 0) is 38.0 Å². The van der Waals surface area contributed by atoms with Crippen LogP contribution < -0.4 is 10.3 Å². The molecule has 2 heterocycles. The third-order valence-corrected chi connectivity index (χ3v) is 7.72. The fourth-order valence-corrected chi connectivity index (χ4v) is 4.98. The molecule has 4 rings (SSSR count). The molecule has 12 heteroatoms. The number of nitrogens with zero attached hydrogens (tertiary/aromatic N) is 5. The van der Waals surface area contributed by atoms with Crippen molar-refractivity contribution in [3.63, 3.8) is 0 Å². The van der Waals surface area contributed by atoms with Crippen molar-refractivity contribution in [2.45, 2.75) is 4.90 Å². The van der Waals surface area contributed by atoms with E-state index in [1.165, 1.54) is 30.0 Å². The number of aromatic amines is 1. The molecule has 2 aromatic carbocycles. The monoisotopic (exact) mass is 516 g/mol. The zero-order valence-corrected chi connectivity index (χ0v) is 21.3. The van der Waals surface area contributed by atoms with Crippen LogP contribution in [0.2, 0.25) is 0 Å². The fourth-order valence-electron chi connectivity index (χ4n) is 3.62. The lowest BCUT2D eigenvalue weighted by Crippen LogP contribution is -2.30. The van der Waals surface area contributed by atoms with Crippen LogP contribution in [0.4, 0.5) is 0 Å². The summed E-state index contributed by atoms with van der Waals surface area (Å²) in [5.74, 6) is 0.443. The maximum Gasteiger partial charge on any atom is 0.262 e. The molecule has 4 aromatic rings. The van der Waals surface area contributed by atoms with Crippen LogP contribution in [0.1, 0.15) is 0 Å². The summed E-state index contributed by atoms with van der Waals surface area (Å²) in [6.07, 6.45) is 0. The van der Waals surface area contributed by atoms with Crippen LogP contribution in [0, 0.1) is 0 Å². The minimum Gasteiger partial charge on any atom is -0.496 e. The van der Waals surface area contributed by atoms with Gasteiger partial charge < -0.3 is 14.6 Å². The Hall–Kier alpha value is -3.25. The number of H-pyrrole nitrogens is 1. The van der Waals surface area contributed by atoms with E-state index in [-0.39, 0.29) is 28.6 Å². The van der Waals surface area contributed by atoms with Crippen molar-refractivity contribution in [1.29, 1.82) is 0 Å². The summed E-state index contributed by atoms with van der Waals surface area (Å²) in [6, 6.07) is 13.7. The van der Waals surface area contributed by atoms with Gasteiger partial charge in [0.2, 0.25) is 0 Å². The molecular formula is C23H25ClN6O4S. The van der Waals surface area contributed by atoms with Gasteiger partial charge in [0.05, 0.1) is 17.6 Å². The van der Waals surface area contributed by atoms with Gasteiger partial charge in [0.1, 0.15) is 22.7 Å². The van der Waals surface area contributed by atoms with E-state index < -0.39 is 10.0 Å². The number of methoxy groups -OCH3 is 1. The fraction of sp³-hybridized carbons (Fsp3) is 0.261. The van der Waals surface area contributed by atoms with E-state index in [9.17, 15) is 13.2 Å². The van der Waals surface area contributed by atoms with Crippen molar-refractivity contribution in [1.82, 2.24) is 28.5 Å². The number of halogens is 1. The second kappa shape index (κ2) is 9.78. The van der Waals surface area contributed by atoms with E-state index in [0.29, 0.717) is 28.8 Å². The molecule has 0 fully saturated rings. The van der Waals surface area contributed by atoms with Crippen molar-refractivity contribution in [2.75, 3.05) is 34.3 Å². The van der Waals surface area contributed by atoms with Crippen LogP contribution in [0.5, 0.6) is 5.75 Å². The van der Waals surface area contributed by atoms with Gasteiger partial charge in [-0.3, -0.25) is 4.79 Å². The normalized spacial score (nSPS) is 12.1. The SMILES string of the molecule is COc1cc(S(=O)(=O)N(Cl)CCN(C)C)ccc1-c1nc2c(c(-c3ccccc3)nn2C)c(=O)[nH]1. The summed E-state index contributed by atoms with van der Waals surface area (Å²) in [5.41, 5.74) is 1.76. The van der Waals surface area contributed by atoms with Gasteiger partial charge in [0, 0.05) is 31.8 Å². The van der Waals surface area contributed by atoms with Crippen LogP contribution in [-0.2, 0) is 17.1 Å². The Bertz CT molecular complexity index is 1530. The van der Waals surface area contributed by atoms with E-state index >= 15 is 0 Å². The predicted molar refractivity (Wildman–Crippen MR) is 135 cm³/mol. The molecule has 0 unspecified atom stereocenters. The molecule has 0 spiro atoms. The number of aromatic nitrogens is 4. The lowest BCUT2D eigenvalue weighted by atomic mass is 10.1. The molecule has 35 heavy (non-hydrogen) atoms. The van der Waals surface area contributed by atoms with Crippen molar-refractivity contribution >= 4 is 32.8 Å². The summed E-state index contributed by atoms with van der Waals surface area (Å²) >= 11 is 6.07. The minimum atomic E-state index is -3.96. The maximum absolute atomic E-state index is 13.1. The molecule has 0 bridgehead atoms. The lowest BCUT2D eigenvalue weighted by Gasteiger charge is -2.18. The van der Waals surface area contributed by atoms with Gasteiger partial charge in [-0.25, -0.2) is 18.1 Å². The average molecular weight is 517 g/mol. The highest BCUT2D eigenvalue weighted by atomic mass is 35.5. The standard InChI is InChI=1S/C23H25ClN6O4S/c1-28(2)12-13-30(24)35(32,33)16-10-11-17(18(14-16)34-4)21-25-22-19(23(31)26-21)20(27-29(22)3)15-8-6-5-7-9-15/h5-11,14H,12-13H2,1-4H3,(H,25,26,31). The van der Waals surface area contributed by atoms with Crippen molar-refractivity contribution in [2.24, 2.45) is 7.05 Å². The van der Waals surface area contributed by atoms with Gasteiger partial charge in [-0.15, -0.1) is 3.82 Å². The van der Waals surface area contributed by atoms with Gasteiger partial charge >= 0.3 is 0 Å². The summed E-state index contributed by atoms with van der Waals surface area (Å²) in [4.78, 5) is 22.3. The van der Waals surface area contributed by atoms with Gasteiger partial charge in [-0.1, -0.05) is 30.3 Å². The Morgan fingerprint density at radius 1 is 1.11 bits per heavy atom. The molecule has 10 nitrogen and oxygen atoms in total. The molecule has 184 valence electrons. The van der Waals surface area contributed by atoms with Crippen molar-refractivity contribution in [3.8, 4) is 28.4 Å². The number of sulfonamides is 1. The lowest BCUT2D eigenvalue weighted by molar-refractivity contribution is 0.386. The zero-order chi connectivity index (χ0) is 25.3. The largest absolute Gasteiger partial charge is 0.496 e. The van der Waals surface area contributed by atoms with Crippen LogP contribution >= 0.6 is 11.8 Å². The molecule has 0 aliphatic heterocycles. The van der Waals surface area contributed by atoms with Gasteiger partial charge in [-0.2, -0.15) is 5.10 Å². The molecule has 0 aliphatic rings. The van der Waals surface area contributed by atoms with Crippen LogP contribution in [-0.4, -0.2) is 71.2 Å². The Kier molecular flexibility index (Phi) is 6.95. The molecule has 0 saturated heterocycles. The minimum absolute atomic E-state index is 0.0396. The number of ether oxygens (including phenoxy) is 1. The van der Waals surface area contributed by atoms with Crippen LogP contribution in [0.3, 0.4) is 0 Å². The Balaban J connectivity index is 1.78. The maximum atomic E-state index is 13.1. The number of rotatable bonds is 8. The van der Waals surface area contributed by atoms with E-state index in [0.717, 1.165) is 9.39 Å². The first kappa shape index (κ1) is 24.9. The number of benzene rings is 2. The molecule has 0 amide bonds. The number of hydrogen-bond acceptors (Lipinski definition) is 7. The second-order valence-corrected chi connectivity index (χ2v) is 10.6. The topological polar surface area (TPSA) is 113 Å². The van der Waals surface area contributed by atoms with Crippen molar-refractivity contribution in [3.05, 3.63) is 58.9 Å². The highest BCUT2D eigenvalue weighted by molar-refractivity contribution is 7.90. The second-order valence-electron chi connectivity index (χ2n) is 8.13. The molecule has 0 radical (unpaired) electrons. The Morgan fingerprint density at radius 2 is 1.83 bits per heavy atom. The molecule has 0 aliphatic carbocycles. The number of fused-ring (bicyclic) bond motifs is 1. The third kappa shape index (κ3) is 4.80. The smallest absolute Gasteiger partial charge is 0.262 e. The van der Waals surface area contributed by atoms with E-state index in [1.54, 1.807) is 7.05 Å². The number of nitrogens with one attached hydrogen (secondary N) is 1. The van der Waals surface area contributed by atoms with E-state index in [1.807, 2.05) is 49.3 Å². The number of likely N-dealkylation sites (N-methyl/N-ethyl adjacent to an activating group) is 1.